The van der Waals surface area contributed by atoms with E-state index in [4.69, 9.17) is 5.26 Å². The lowest BCUT2D eigenvalue weighted by molar-refractivity contribution is -0.143. The maximum Gasteiger partial charge on any atom is 0.416 e. The minimum absolute atomic E-state index is 0.0228. The molecule has 0 aliphatic carbocycles. The molecule has 4 nitrogen and oxygen atoms in total. The fraction of sp³-hybridized carbons (Fsp3) is 0.158. The first-order valence-corrected chi connectivity index (χ1v) is 7.95. The lowest BCUT2D eigenvalue weighted by Gasteiger charge is -2.14. The average molecular weight is 413 g/mol. The Morgan fingerprint density at radius 2 is 1.55 bits per heavy atom. The third kappa shape index (κ3) is 5.75. The smallest absolute Gasteiger partial charge is 0.360 e. The molecule has 10 heteroatoms. The molecule has 1 amide bonds. The van der Waals surface area contributed by atoms with Gasteiger partial charge < -0.3 is 10.6 Å². The molecular weight excluding hydrogens is 400 g/mol. The molecule has 0 unspecified atom stereocenters. The number of aryl methyl sites for hydroxylation is 1. The molecule has 0 aromatic heterocycles. The summed E-state index contributed by atoms with van der Waals surface area (Å²) in [6, 6.07) is 9.04. The van der Waals surface area contributed by atoms with E-state index < -0.39 is 40.6 Å². The van der Waals surface area contributed by atoms with Crippen molar-refractivity contribution in [3.05, 3.63) is 70.9 Å². The Morgan fingerprint density at radius 1 is 1.00 bits per heavy atom. The van der Waals surface area contributed by atoms with Gasteiger partial charge in [0.15, 0.2) is 0 Å². The summed E-state index contributed by atoms with van der Waals surface area (Å²) < 4.78 is 77.3. The summed E-state index contributed by atoms with van der Waals surface area (Å²) in [5.74, 6) is -0.877. The molecule has 2 N–H and O–H groups in total. The Labute approximate surface area is 161 Å². The van der Waals surface area contributed by atoms with Crippen LogP contribution >= 0.6 is 0 Å². The van der Waals surface area contributed by atoms with Gasteiger partial charge in [0.1, 0.15) is 11.6 Å². The summed E-state index contributed by atoms with van der Waals surface area (Å²) in [7, 11) is 0. The first kappa shape index (κ1) is 21.8. The largest absolute Gasteiger partial charge is 0.416 e. The molecule has 0 fully saturated rings. The van der Waals surface area contributed by atoms with Gasteiger partial charge in [0, 0.05) is 17.6 Å². The van der Waals surface area contributed by atoms with Crippen molar-refractivity contribution in [2.45, 2.75) is 19.3 Å². The molecule has 2 aromatic carbocycles. The van der Waals surface area contributed by atoms with Crippen LogP contribution in [0.2, 0.25) is 0 Å². The number of nitriles is 1. The third-order valence-electron chi connectivity index (χ3n) is 3.73. The first-order valence-electron chi connectivity index (χ1n) is 7.95. The highest BCUT2D eigenvalue weighted by Gasteiger charge is 2.36. The zero-order valence-corrected chi connectivity index (χ0v) is 14.7. The van der Waals surface area contributed by atoms with Gasteiger partial charge in [-0.25, -0.2) is 0 Å². The summed E-state index contributed by atoms with van der Waals surface area (Å²) in [6.07, 6.45) is -9.29. The maximum atomic E-state index is 12.9. The van der Waals surface area contributed by atoms with Crippen LogP contribution in [0, 0.1) is 18.3 Å². The van der Waals surface area contributed by atoms with Gasteiger partial charge in [0.25, 0.3) is 5.91 Å². The molecule has 152 valence electrons. The van der Waals surface area contributed by atoms with Crippen LogP contribution in [0.25, 0.3) is 0 Å². The summed E-state index contributed by atoms with van der Waals surface area (Å²) in [5, 5.41) is 13.7. The molecule has 0 atom stereocenters. The standard InChI is InChI=1S/C19H13F6N3O/c1-11-4-2-3-5-16(11)28-17(29)12(9-26)10-27-15-7-13(18(20,21)22)6-14(8-15)19(23,24)25/h2-8,10,27H,1H3,(H,28,29)/b12-10-. The zero-order valence-electron chi connectivity index (χ0n) is 14.7. The van der Waals surface area contributed by atoms with Crippen LogP contribution in [0.3, 0.4) is 0 Å². The predicted molar refractivity (Wildman–Crippen MR) is 93.6 cm³/mol. The van der Waals surface area contributed by atoms with Gasteiger partial charge in [0.2, 0.25) is 0 Å². The lowest BCUT2D eigenvalue weighted by Crippen LogP contribution is -2.15. The number of benzene rings is 2. The highest BCUT2D eigenvalue weighted by molar-refractivity contribution is 6.07. The Kier molecular flexibility index (Phi) is 6.21. The van der Waals surface area contributed by atoms with Crippen LogP contribution < -0.4 is 10.6 Å². The minimum Gasteiger partial charge on any atom is -0.360 e. The Hall–Kier alpha value is -3.48. The number of nitrogens with one attached hydrogen (secondary N) is 2. The number of halogens is 6. The van der Waals surface area contributed by atoms with E-state index in [-0.39, 0.29) is 6.07 Å². The number of carbonyl (C=O) groups excluding carboxylic acids is 1. The van der Waals surface area contributed by atoms with Crippen LogP contribution in [0.1, 0.15) is 16.7 Å². The van der Waals surface area contributed by atoms with Crippen molar-refractivity contribution >= 4 is 17.3 Å². The summed E-state index contributed by atoms with van der Waals surface area (Å²) >= 11 is 0. The van der Waals surface area contributed by atoms with Gasteiger partial charge in [-0.2, -0.15) is 31.6 Å². The van der Waals surface area contributed by atoms with E-state index in [0.29, 0.717) is 23.4 Å². The zero-order chi connectivity index (χ0) is 21.8. The topological polar surface area (TPSA) is 64.9 Å². The fourth-order valence-corrected chi connectivity index (χ4v) is 2.25. The number of alkyl halides is 6. The molecule has 0 aliphatic rings. The van der Waals surface area contributed by atoms with Crippen molar-refractivity contribution in [2.24, 2.45) is 0 Å². The quantitative estimate of drug-likeness (QED) is 0.396. The monoisotopic (exact) mass is 413 g/mol. The highest BCUT2D eigenvalue weighted by Crippen LogP contribution is 2.37. The second kappa shape index (κ2) is 8.26. The summed E-state index contributed by atoms with van der Waals surface area (Å²) in [6.45, 7) is 1.70. The number of anilines is 2. The number of para-hydroxylation sites is 1. The molecule has 0 radical (unpaired) electrons. The summed E-state index contributed by atoms with van der Waals surface area (Å²) in [4.78, 5) is 12.2. The predicted octanol–water partition coefficient (Wildman–Crippen LogP) is 5.49. The van der Waals surface area contributed by atoms with Crippen molar-refractivity contribution in [2.75, 3.05) is 10.6 Å². The fourth-order valence-electron chi connectivity index (χ4n) is 2.25. The molecule has 0 saturated carbocycles. The van der Waals surface area contributed by atoms with Gasteiger partial charge in [-0.1, -0.05) is 18.2 Å². The second-order valence-corrected chi connectivity index (χ2v) is 5.88. The van der Waals surface area contributed by atoms with Crippen molar-refractivity contribution in [1.82, 2.24) is 0 Å². The maximum absolute atomic E-state index is 12.9. The van der Waals surface area contributed by atoms with Gasteiger partial charge in [-0.05, 0) is 36.8 Å². The number of nitrogens with zero attached hydrogens (tertiary/aromatic N) is 1. The third-order valence-corrected chi connectivity index (χ3v) is 3.73. The van der Waals surface area contributed by atoms with Gasteiger partial charge in [0.05, 0.1) is 11.1 Å². The number of amides is 1. The second-order valence-electron chi connectivity index (χ2n) is 5.88. The number of carbonyl (C=O) groups is 1. The molecule has 0 heterocycles. The van der Waals surface area contributed by atoms with Gasteiger partial charge in [-0.3, -0.25) is 4.79 Å². The van der Waals surface area contributed by atoms with E-state index in [1.165, 1.54) is 0 Å². The molecule has 0 bridgehead atoms. The van der Waals surface area contributed by atoms with E-state index >= 15 is 0 Å². The molecule has 2 aromatic rings. The Morgan fingerprint density at radius 3 is 2.03 bits per heavy atom. The van der Waals surface area contributed by atoms with Crippen LogP contribution in [-0.2, 0) is 17.1 Å². The normalized spacial score (nSPS) is 12.3. The minimum atomic E-state index is -5.01. The SMILES string of the molecule is Cc1ccccc1NC(=O)/C(C#N)=C\Nc1cc(C(F)(F)F)cc(C(F)(F)F)c1. The average Bonchev–Trinajstić information content (AvgIpc) is 2.62. The summed E-state index contributed by atoms with van der Waals surface area (Å²) in [5.41, 5.74) is -3.07. The van der Waals surface area contributed by atoms with E-state index in [2.05, 4.69) is 10.6 Å². The van der Waals surface area contributed by atoms with E-state index in [1.807, 2.05) is 0 Å². The van der Waals surface area contributed by atoms with Gasteiger partial charge >= 0.3 is 12.4 Å². The number of hydrogen-bond donors (Lipinski definition) is 2. The van der Waals surface area contributed by atoms with Crippen LogP contribution in [0.4, 0.5) is 37.7 Å². The molecular formula is C19H13F6N3O. The molecule has 0 aliphatic heterocycles. The van der Waals surface area contributed by atoms with Crippen molar-refractivity contribution in [3.8, 4) is 6.07 Å². The van der Waals surface area contributed by atoms with E-state index in [9.17, 15) is 31.1 Å². The molecule has 0 spiro atoms. The van der Waals surface area contributed by atoms with Crippen LogP contribution in [-0.4, -0.2) is 5.91 Å². The van der Waals surface area contributed by atoms with E-state index in [0.717, 1.165) is 6.20 Å². The number of rotatable bonds is 4. The molecule has 29 heavy (non-hydrogen) atoms. The lowest BCUT2D eigenvalue weighted by atomic mass is 10.1. The first-order chi connectivity index (χ1) is 13.4. The highest BCUT2D eigenvalue weighted by atomic mass is 19.4. The van der Waals surface area contributed by atoms with Crippen molar-refractivity contribution in [3.63, 3.8) is 0 Å². The van der Waals surface area contributed by atoms with E-state index in [1.54, 1.807) is 37.3 Å². The van der Waals surface area contributed by atoms with Crippen molar-refractivity contribution < 1.29 is 31.1 Å². The number of hydrogen-bond acceptors (Lipinski definition) is 3. The van der Waals surface area contributed by atoms with Crippen LogP contribution in [0.5, 0.6) is 0 Å². The van der Waals surface area contributed by atoms with Gasteiger partial charge in [-0.15, -0.1) is 0 Å². The van der Waals surface area contributed by atoms with Crippen LogP contribution in [0.15, 0.2) is 54.2 Å². The molecule has 0 saturated heterocycles. The van der Waals surface area contributed by atoms with Crippen molar-refractivity contribution in [1.29, 1.82) is 5.26 Å². The Bertz CT molecular complexity index is 954. The molecule has 2 rings (SSSR count). The Balaban J connectivity index is 2.31.